The Morgan fingerprint density at radius 2 is 2.00 bits per heavy atom. The molecule has 3 heterocycles. The van der Waals surface area contributed by atoms with Gasteiger partial charge in [-0.1, -0.05) is 17.7 Å². The van der Waals surface area contributed by atoms with E-state index in [9.17, 15) is 4.79 Å². The maximum Gasteiger partial charge on any atom is 0.287 e. The highest BCUT2D eigenvalue weighted by molar-refractivity contribution is 6.31. The first-order chi connectivity index (χ1) is 13.1. The number of halogens is 1. The van der Waals surface area contributed by atoms with Crippen LogP contribution in [-0.4, -0.2) is 49.0 Å². The lowest BCUT2D eigenvalue weighted by Gasteiger charge is -2.33. The molecule has 0 atom stereocenters. The van der Waals surface area contributed by atoms with Crippen molar-refractivity contribution >= 4 is 34.3 Å². The summed E-state index contributed by atoms with van der Waals surface area (Å²) in [5.74, 6) is 0.993. The van der Waals surface area contributed by atoms with Gasteiger partial charge in [0, 0.05) is 49.3 Å². The van der Waals surface area contributed by atoms with E-state index in [1.54, 1.807) is 24.3 Å². The number of aromatic nitrogens is 1. The van der Waals surface area contributed by atoms with Crippen LogP contribution in [0.25, 0.3) is 11.0 Å². The minimum atomic E-state index is -0.259. The molecular formula is C20H21ClN4O2. The molecule has 1 aliphatic rings. The number of carbonyl (C=O) groups is 1. The van der Waals surface area contributed by atoms with E-state index < -0.39 is 0 Å². The van der Waals surface area contributed by atoms with Crippen LogP contribution in [0.1, 0.15) is 16.1 Å². The van der Waals surface area contributed by atoms with Gasteiger partial charge < -0.3 is 19.5 Å². The molecule has 6 nitrogen and oxygen atoms in total. The number of piperazine rings is 1. The molecule has 1 fully saturated rings. The molecule has 1 aromatic carbocycles. The molecule has 0 spiro atoms. The first-order valence-electron chi connectivity index (χ1n) is 8.94. The van der Waals surface area contributed by atoms with Crippen molar-refractivity contribution in [1.82, 2.24) is 15.2 Å². The topological polar surface area (TPSA) is 61.6 Å². The van der Waals surface area contributed by atoms with Crippen LogP contribution >= 0.6 is 11.6 Å². The summed E-state index contributed by atoms with van der Waals surface area (Å²) < 4.78 is 5.58. The van der Waals surface area contributed by atoms with Gasteiger partial charge in [0.2, 0.25) is 0 Å². The molecule has 27 heavy (non-hydrogen) atoms. The average Bonchev–Trinajstić information content (AvgIpc) is 3.10. The Kier molecular flexibility index (Phi) is 5.01. The highest BCUT2D eigenvalue weighted by Crippen LogP contribution is 2.23. The number of hydrogen-bond donors (Lipinski definition) is 1. The number of carbonyl (C=O) groups excluding carboxylic acids is 1. The molecular weight excluding hydrogens is 364 g/mol. The summed E-state index contributed by atoms with van der Waals surface area (Å²) in [6.45, 7) is 4.45. The third-order valence-electron chi connectivity index (χ3n) is 4.79. The molecule has 4 rings (SSSR count). The van der Waals surface area contributed by atoms with Crippen LogP contribution in [0.15, 0.2) is 47.0 Å². The van der Waals surface area contributed by atoms with Gasteiger partial charge >= 0.3 is 0 Å². The standard InChI is InChI=1S/C20H21ClN4O2/c1-24-6-8-25(9-7-24)19-5-2-14(12-22-19)13-23-20(26)18-11-15-10-16(21)3-4-17(15)27-18/h2-5,10-12H,6-9,13H2,1H3,(H,23,26). The fourth-order valence-corrected chi connectivity index (χ4v) is 3.32. The molecule has 0 unspecified atom stereocenters. The number of amides is 1. The fraction of sp³-hybridized carbons (Fsp3) is 0.300. The lowest BCUT2D eigenvalue weighted by atomic mass is 10.2. The first kappa shape index (κ1) is 17.8. The summed E-state index contributed by atoms with van der Waals surface area (Å²) in [7, 11) is 2.13. The number of likely N-dealkylation sites (N-methyl/N-ethyl adjacent to an activating group) is 1. The van der Waals surface area contributed by atoms with E-state index in [0.29, 0.717) is 17.2 Å². The van der Waals surface area contributed by atoms with Gasteiger partial charge in [-0.2, -0.15) is 0 Å². The van der Waals surface area contributed by atoms with Crippen molar-refractivity contribution < 1.29 is 9.21 Å². The third-order valence-corrected chi connectivity index (χ3v) is 5.03. The van der Waals surface area contributed by atoms with Gasteiger partial charge in [-0.25, -0.2) is 4.98 Å². The Hall–Kier alpha value is -2.57. The minimum absolute atomic E-state index is 0.259. The normalized spacial score (nSPS) is 15.3. The number of benzene rings is 1. The monoisotopic (exact) mass is 384 g/mol. The molecule has 1 N–H and O–H groups in total. The average molecular weight is 385 g/mol. The number of nitrogens with one attached hydrogen (secondary N) is 1. The molecule has 0 bridgehead atoms. The van der Waals surface area contributed by atoms with E-state index in [1.807, 2.05) is 18.3 Å². The molecule has 1 aliphatic heterocycles. The van der Waals surface area contributed by atoms with Crippen molar-refractivity contribution in [1.29, 1.82) is 0 Å². The third kappa shape index (κ3) is 4.07. The maximum atomic E-state index is 12.3. The number of nitrogens with zero attached hydrogens (tertiary/aromatic N) is 3. The van der Waals surface area contributed by atoms with Gasteiger partial charge in [-0.3, -0.25) is 4.79 Å². The second-order valence-corrected chi connectivity index (χ2v) is 7.23. The van der Waals surface area contributed by atoms with Crippen molar-refractivity contribution in [2.24, 2.45) is 0 Å². The molecule has 0 radical (unpaired) electrons. The molecule has 7 heteroatoms. The molecule has 2 aromatic heterocycles. The van der Waals surface area contributed by atoms with Crippen molar-refractivity contribution in [2.45, 2.75) is 6.54 Å². The van der Waals surface area contributed by atoms with E-state index in [0.717, 1.165) is 42.9 Å². The van der Waals surface area contributed by atoms with E-state index in [4.69, 9.17) is 16.0 Å². The van der Waals surface area contributed by atoms with Crippen LogP contribution in [0.4, 0.5) is 5.82 Å². The Bertz CT molecular complexity index is 946. The number of pyridine rings is 1. The van der Waals surface area contributed by atoms with E-state index in [2.05, 4.69) is 27.1 Å². The van der Waals surface area contributed by atoms with Crippen LogP contribution in [0.5, 0.6) is 0 Å². The van der Waals surface area contributed by atoms with Gasteiger partial charge in [0.15, 0.2) is 5.76 Å². The quantitative estimate of drug-likeness (QED) is 0.748. The summed E-state index contributed by atoms with van der Waals surface area (Å²) in [4.78, 5) is 21.5. The predicted octanol–water partition coefficient (Wildman–Crippen LogP) is 3.16. The van der Waals surface area contributed by atoms with Crippen LogP contribution in [-0.2, 0) is 6.54 Å². The number of hydrogen-bond acceptors (Lipinski definition) is 5. The van der Waals surface area contributed by atoms with Crippen LogP contribution in [0.3, 0.4) is 0 Å². The molecule has 1 saturated heterocycles. The molecule has 0 aliphatic carbocycles. The fourth-order valence-electron chi connectivity index (χ4n) is 3.14. The van der Waals surface area contributed by atoms with Gasteiger partial charge in [-0.05, 0) is 42.9 Å². The Morgan fingerprint density at radius 1 is 1.19 bits per heavy atom. The molecule has 0 saturated carbocycles. The Labute approximate surface area is 162 Å². The first-order valence-corrected chi connectivity index (χ1v) is 9.32. The number of fused-ring (bicyclic) bond motifs is 1. The molecule has 140 valence electrons. The zero-order chi connectivity index (χ0) is 18.8. The summed E-state index contributed by atoms with van der Waals surface area (Å²) >= 11 is 5.97. The van der Waals surface area contributed by atoms with Gasteiger partial charge in [0.1, 0.15) is 11.4 Å². The maximum absolute atomic E-state index is 12.3. The molecule has 3 aromatic rings. The van der Waals surface area contributed by atoms with Crippen LogP contribution in [0, 0.1) is 0 Å². The largest absolute Gasteiger partial charge is 0.451 e. The lowest BCUT2D eigenvalue weighted by Crippen LogP contribution is -2.44. The number of rotatable bonds is 4. The van der Waals surface area contributed by atoms with E-state index in [-0.39, 0.29) is 11.7 Å². The van der Waals surface area contributed by atoms with E-state index in [1.165, 1.54) is 0 Å². The summed E-state index contributed by atoms with van der Waals surface area (Å²) in [6.07, 6.45) is 1.81. The van der Waals surface area contributed by atoms with Gasteiger partial charge in [0.25, 0.3) is 5.91 Å². The van der Waals surface area contributed by atoms with Crippen molar-refractivity contribution in [3.05, 3.63) is 58.9 Å². The number of furan rings is 1. The summed E-state index contributed by atoms with van der Waals surface area (Å²) in [6, 6.07) is 11.0. The highest BCUT2D eigenvalue weighted by Gasteiger charge is 2.15. The smallest absolute Gasteiger partial charge is 0.287 e. The van der Waals surface area contributed by atoms with Crippen molar-refractivity contribution in [2.75, 3.05) is 38.1 Å². The van der Waals surface area contributed by atoms with Gasteiger partial charge in [0.05, 0.1) is 0 Å². The lowest BCUT2D eigenvalue weighted by molar-refractivity contribution is 0.0925. The van der Waals surface area contributed by atoms with E-state index >= 15 is 0 Å². The Morgan fingerprint density at radius 3 is 2.74 bits per heavy atom. The van der Waals surface area contributed by atoms with Crippen molar-refractivity contribution in [3.63, 3.8) is 0 Å². The Balaban J connectivity index is 1.37. The zero-order valence-corrected chi connectivity index (χ0v) is 15.9. The van der Waals surface area contributed by atoms with Crippen molar-refractivity contribution in [3.8, 4) is 0 Å². The second-order valence-electron chi connectivity index (χ2n) is 6.79. The SMILES string of the molecule is CN1CCN(c2ccc(CNC(=O)c3cc4cc(Cl)ccc4o3)cn2)CC1. The van der Waals surface area contributed by atoms with Crippen LogP contribution < -0.4 is 10.2 Å². The minimum Gasteiger partial charge on any atom is -0.451 e. The number of anilines is 1. The zero-order valence-electron chi connectivity index (χ0n) is 15.1. The summed E-state index contributed by atoms with van der Waals surface area (Å²) in [5, 5.41) is 4.29. The molecule has 1 amide bonds. The summed E-state index contributed by atoms with van der Waals surface area (Å²) in [5.41, 5.74) is 1.59. The van der Waals surface area contributed by atoms with Gasteiger partial charge in [-0.15, -0.1) is 0 Å². The predicted molar refractivity (Wildman–Crippen MR) is 106 cm³/mol. The highest BCUT2D eigenvalue weighted by atomic mass is 35.5. The van der Waals surface area contributed by atoms with Crippen LogP contribution in [0.2, 0.25) is 5.02 Å². The second kappa shape index (κ2) is 7.58.